The second-order valence-corrected chi connectivity index (χ2v) is 12.3. The summed E-state index contributed by atoms with van der Waals surface area (Å²) in [5.41, 5.74) is 0.507. The van der Waals surface area contributed by atoms with E-state index in [4.69, 9.17) is 4.74 Å². The predicted molar refractivity (Wildman–Crippen MR) is 166 cm³/mol. The molecule has 3 aromatic rings. The highest BCUT2D eigenvalue weighted by Crippen LogP contribution is 2.34. The first kappa shape index (κ1) is 35.4. The number of carbonyl (C=O) groups excluding carboxylic acids is 1. The normalized spacial score (nSPS) is 14.6. The first-order chi connectivity index (χ1) is 22.2. The Bertz CT molecular complexity index is 1660. The van der Waals surface area contributed by atoms with Gasteiger partial charge in [-0.1, -0.05) is 13.8 Å². The Balaban J connectivity index is 1.73. The maximum Gasteiger partial charge on any atom is 0.417 e. The van der Waals surface area contributed by atoms with Gasteiger partial charge in [0.15, 0.2) is 12.4 Å². The molecule has 2 N–H and O–H groups in total. The number of likely N-dealkylation sites (tertiary alicyclic amines) is 1. The van der Waals surface area contributed by atoms with Gasteiger partial charge in [-0.05, 0) is 85.8 Å². The summed E-state index contributed by atoms with van der Waals surface area (Å²) >= 11 is 0. The Morgan fingerprint density at radius 3 is 2.47 bits per heavy atom. The fourth-order valence-electron chi connectivity index (χ4n) is 5.81. The van der Waals surface area contributed by atoms with Crippen LogP contribution in [0.1, 0.15) is 73.0 Å². The fraction of sp³-hybridized carbons (Fsp3) is 0.429. The van der Waals surface area contributed by atoms with Crippen molar-refractivity contribution in [3.8, 4) is 22.9 Å². The Kier molecular flexibility index (Phi) is 11.2. The topological polar surface area (TPSA) is 107 Å². The average molecular weight is 656 g/mol. The van der Waals surface area contributed by atoms with E-state index in [0.717, 1.165) is 25.6 Å². The largest absolute Gasteiger partial charge is 0.497 e. The summed E-state index contributed by atoms with van der Waals surface area (Å²) in [6.45, 7) is 7.32. The molecule has 47 heavy (non-hydrogen) atoms. The van der Waals surface area contributed by atoms with E-state index in [1.54, 1.807) is 12.1 Å². The summed E-state index contributed by atoms with van der Waals surface area (Å²) in [5.74, 6) is -2.29. The number of pyridine rings is 1. The van der Waals surface area contributed by atoms with Gasteiger partial charge >= 0.3 is 12.1 Å². The van der Waals surface area contributed by atoms with E-state index in [0.29, 0.717) is 23.4 Å². The monoisotopic (exact) mass is 655 g/mol. The van der Waals surface area contributed by atoms with Crippen molar-refractivity contribution in [2.24, 2.45) is 5.92 Å². The molecule has 8 nitrogen and oxygen atoms in total. The highest BCUT2D eigenvalue weighted by molar-refractivity contribution is 5.80. The molecule has 0 aliphatic carbocycles. The number of carboxylic acids is 1. The summed E-state index contributed by atoms with van der Waals surface area (Å²) in [7, 11) is 1.46. The van der Waals surface area contributed by atoms with Crippen molar-refractivity contribution in [3.05, 3.63) is 82.4 Å². The van der Waals surface area contributed by atoms with Gasteiger partial charge in [-0.15, -0.1) is 0 Å². The van der Waals surface area contributed by atoms with Crippen LogP contribution in [0.15, 0.2) is 48.8 Å². The van der Waals surface area contributed by atoms with Crippen molar-refractivity contribution < 1.29 is 41.6 Å². The number of nitriles is 1. The van der Waals surface area contributed by atoms with Gasteiger partial charge in [0.25, 0.3) is 5.91 Å². The van der Waals surface area contributed by atoms with Gasteiger partial charge < -0.3 is 20.1 Å². The van der Waals surface area contributed by atoms with Crippen LogP contribution in [-0.2, 0) is 22.2 Å². The second kappa shape index (κ2) is 14.9. The number of amides is 1. The third kappa shape index (κ3) is 8.65. The average Bonchev–Trinajstić information content (AvgIpc) is 2.98. The highest BCUT2D eigenvalue weighted by Gasteiger charge is 2.38. The molecule has 1 aliphatic heterocycles. The molecule has 1 aromatic heterocycles. The minimum atomic E-state index is -4.58. The number of halogens is 4. The van der Waals surface area contributed by atoms with E-state index in [9.17, 15) is 33.1 Å². The van der Waals surface area contributed by atoms with Crippen molar-refractivity contribution in [1.29, 1.82) is 5.26 Å². The molecule has 1 aliphatic rings. The zero-order valence-electron chi connectivity index (χ0n) is 26.8. The Labute approximate surface area is 271 Å². The summed E-state index contributed by atoms with van der Waals surface area (Å²) in [6, 6.07) is 8.48. The van der Waals surface area contributed by atoms with Crippen LogP contribution in [0.5, 0.6) is 5.75 Å². The van der Waals surface area contributed by atoms with Crippen LogP contribution in [0.25, 0.3) is 11.1 Å². The lowest BCUT2D eigenvalue weighted by atomic mass is 9.92. The lowest BCUT2D eigenvalue weighted by Gasteiger charge is -2.30. The number of carboxylic acid groups (broad SMARTS) is 1. The zero-order valence-corrected chi connectivity index (χ0v) is 26.8. The number of ether oxygens (including phenoxy) is 1. The number of nitrogens with zero attached hydrogens (tertiary/aromatic N) is 3. The highest BCUT2D eigenvalue weighted by atomic mass is 19.4. The summed E-state index contributed by atoms with van der Waals surface area (Å²) in [6.07, 6.45) is -1.31. The Morgan fingerprint density at radius 1 is 1.17 bits per heavy atom. The molecule has 1 unspecified atom stereocenters. The van der Waals surface area contributed by atoms with Crippen LogP contribution in [0.2, 0.25) is 0 Å². The third-order valence-corrected chi connectivity index (χ3v) is 8.38. The van der Waals surface area contributed by atoms with E-state index in [2.05, 4.69) is 16.3 Å². The van der Waals surface area contributed by atoms with Crippen molar-refractivity contribution in [1.82, 2.24) is 10.2 Å². The van der Waals surface area contributed by atoms with E-state index in [1.165, 1.54) is 49.2 Å². The number of hydrogen-bond acceptors (Lipinski definition) is 5. The lowest BCUT2D eigenvalue weighted by Crippen LogP contribution is -2.50. The van der Waals surface area contributed by atoms with Gasteiger partial charge in [-0.2, -0.15) is 23.0 Å². The molecule has 2 atom stereocenters. The number of aliphatic carboxylic acids is 1. The molecule has 0 saturated carbocycles. The maximum absolute atomic E-state index is 15.7. The number of aromatic nitrogens is 1. The molecule has 1 saturated heterocycles. The van der Waals surface area contributed by atoms with Gasteiger partial charge in [0.05, 0.1) is 36.8 Å². The number of methoxy groups -OCH3 is 1. The molecule has 2 heterocycles. The van der Waals surface area contributed by atoms with Crippen LogP contribution in [0, 0.1) is 30.0 Å². The van der Waals surface area contributed by atoms with Crippen LogP contribution >= 0.6 is 0 Å². The lowest BCUT2D eigenvalue weighted by molar-refractivity contribution is -0.711. The van der Waals surface area contributed by atoms with Gasteiger partial charge in [-0.3, -0.25) is 9.59 Å². The van der Waals surface area contributed by atoms with Crippen LogP contribution < -0.4 is 14.6 Å². The number of carbonyl (C=O) groups is 2. The number of hydrogen-bond donors (Lipinski definition) is 2. The molecule has 2 aromatic carbocycles. The SMILES string of the molecule is COc1ccc(-c2cc(C)c(F)c([C@H](CC(=O)O)NC(=O)C(CC(C)C)[n+]3ccc(C(F)(F)F)c(CCN4CCC4)c3)c2)c(C#N)c1. The summed E-state index contributed by atoms with van der Waals surface area (Å²) in [4.78, 5) is 28.0. The molecule has 0 bridgehead atoms. The van der Waals surface area contributed by atoms with E-state index < -0.39 is 47.9 Å². The summed E-state index contributed by atoms with van der Waals surface area (Å²) < 4.78 is 64.2. The number of aryl methyl sites for hydroxylation is 1. The Hall–Kier alpha value is -4.50. The van der Waals surface area contributed by atoms with Gasteiger partial charge in [0.2, 0.25) is 6.04 Å². The van der Waals surface area contributed by atoms with Crippen molar-refractivity contribution in [2.75, 3.05) is 26.7 Å². The molecule has 1 amide bonds. The molecule has 0 spiro atoms. The molecular weight excluding hydrogens is 616 g/mol. The molecule has 0 radical (unpaired) electrons. The number of benzene rings is 2. The molecule has 250 valence electrons. The fourth-order valence-corrected chi connectivity index (χ4v) is 5.81. The van der Waals surface area contributed by atoms with Crippen LogP contribution in [-0.4, -0.2) is 48.6 Å². The minimum absolute atomic E-state index is 0.0534. The molecule has 1 fully saturated rings. The first-order valence-corrected chi connectivity index (χ1v) is 15.5. The van der Waals surface area contributed by atoms with Crippen molar-refractivity contribution >= 4 is 11.9 Å². The summed E-state index contributed by atoms with van der Waals surface area (Å²) in [5, 5.41) is 22.2. The zero-order chi connectivity index (χ0) is 34.5. The first-order valence-electron chi connectivity index (χ1n) is 15.5. The molecule has 4 rings (SSSR count). The molecule has 12 heteroatoms. The van der Waals surface area contributed by atoms with Crippen molar-refractivity contribution in [3.63, 3.8) is 0 Å². The standard InChI is InChI=1S/C35H38F4N4O4/c1-21(2)14-31(43-13-9-29(35(37,38)39)23(20-43)8-12-42-10-5-11-42)34(46)41-30(18-32(44)45)28-17-24(15-22(3)33(28)36)27-7-6-26(47-4)16-25(27)19-40/h6-7,9,13,15-17,20-21,30-31H,5,8,10-12,14,18H2,1-4H3,(H-,41,44,45,46)/p+1/t30-,31?/m0/s1. The van der Waals surface area contributed by atoms with Gasteiger partial charge in [-0.25, -0.2) is 4.39 Å². The number of rotatable bonds is 13. The van der Waals surface area contributed by atoms with Gasteiger partial charge in [0.1, 0.15) is 11.6 Å². The minimum Gasteiger partial charge on any atom is -0.497 e. The van der Waals surface area contributed by atoms with Crippen LogP contribution in [0.4, 0.5) is 17.6 Å². The van der Waals surface area contributed by atoms with E-state index in [-0.39, 0.29) is 41.0 Å². The molecular formula is C35H39F4N4O4+. The van der Waals surface area contributed by atoms with E-state index in [1.807, 2.05) is 13.8 Å². The van der Waals surface area contributed by atoms with Crippen LogP contribution in [0.3, 0.4) is 0 Å². The Morgan fingerprint density at radius 2 is 1.89 bits per heavy atom. The van der Waals surface area contributed by atoms with Gasteiger partial charge in [0, 0.05) is 30.2 Å². The number of alkyl halides is 3. The maximum atomic E-state index is 15.7. The smallest absolute Gasteiger partial charge is 0.417 e. The quantitative estimate of drug-likeness (QED) is 0.169. The second-order valence-electron chi connectivity index (χ2n) is 12.3. The van der Waals surface area contributed by atoms with Crippen molar-refractivity contribution in [2.45, 2.75) is 64.7 Å². The number of nitrogens with one attached hydrogen (secondary N) is 1. The third-order valence-electron chi connectivity index (χ3n) is 8.38. The van der Waals surface area contributed by atoms with E-state index >= 15 is 4.39 Å². The predicted octanol–water partition coefficient (Wildman–Crippen LogP) is 6.16.